The van der Waals surface area contributed by atoms with E-state index in [4.69, 9.17) is 15.0 Å². The van der Waals surface area contributed by atoms with Crippen LogP contribution in [0.25, 0.3) is 99.9 Å². The smallest absolute Gasteiger partial charge is 0.164 e. The van der Waals surface area contributed by atoms with Crippen molar-refractivity contribution in [3.63, 3.8) is 0 Å². The van der Waals surface area contributed by atoms with Crippen LogP contribution in [-0.2, 0) is 0 Å². The molecule has 11 aromatic rings. The standard InChI is InChI=1S/C57H36N4/c1-4-13-37(14-5-1)41-24-25-43-35-46(28-26-42(43)33-41)56-58-55(45-27-23-39-17-10-11-18-40(39)34-45)59-57(60-56)50-30-32-53-54-48(50)21-12-22-49(54)51-36-44(38-15-6-2-7-16-38)29-31-52(51)61(53)47-19-8-3-9-20-47/h1-36H. The van der Waals surface area contributed by atoms with E-state index in [0.29, 0.717) is 17.5 Å². The van der Waals surface area contributed by atoms with Gasteiger partial charge in [0.05, 0.1) is 11.4 Å². The molecule has 284 valence electrons. The minimum atomic E-state index is 0.631. The maximum atomic E-state index is 5.33. The highest BCUT2D eigenvalue weighted by Gasteiger charge is 2.28. The second kappa shape index (κ2) is 14.3. The number of benzene rings is 10. The van der Waals surface area contributed by atoms with Crippen LogP contribution in [-0.4, -0.2) is 15.0 Å². The highest BCUT2D eigenvalue weighted by atomic mass is 15.2. The van der Waals surface area contributed by atoms with Gasteiger partial charge < -0.3 is 4.90 Å². The average molecular weight is 777 g/mol. The predicted molar refractivity (Wildman–Crippen MR) is 253 cm³/mol. The first-order chi connectivity index (χ1) is 30.2. The van der Waals surface area contributed by atoms with Crippen molar-refractivity contribution in [1.29, 1.82) is 0 Å². The van der Waals surface area contributed by atoms with Crippen LogP contribution in [0.4, 0.5) is 17.1 Å². The molecule has 10 aromatic carbocycles. The van der Waals surface area contributed by atoms with Gasteiger partial charge >= 0.3 is 0 Å². The summed E-state index contributed by atoms with van der Waals surface area (Å²) in [5, 5.41) is 6.85. The van der Waals surface area contributed by atoms with Crippen LogP contribution in [0.15, 0.2) is 218 Å². The van der Waals surface area contributed by atoms with E-state index >= 15 is 0 Å². The molecule has 12 rings (SSSR count). The fourth-order valence-corrected chi connectivity index (χ4v) is 9.01. The second-order valence-corrected chi connectivity index (χ2v) is 15.6. The fraction of sp³-hybridized carbons (Fsp3) is 0. The highest BCUT2D eigenvalue weighted by Crippen LogP contribution is 2.53. The van der Waals surface area contributed by atoms with Gasteiger partial charge in [-0.2, -0.15) is 0 Å². The molecule has 0 fully saturated rings. The van der Waals surface area contributed by atoms with Crippen LogP contribution in [0.1, 0.15) is 0 Å². The van der Waals surface area contributed by atoms with Gasteiger partial charge in [0.25, 0.3) is 0 Å². The Balaban J connectivity index is 1.07. The van der Waals surface area contributed by atoms with Gasteiger partial charge in [0.1, 0.15) is 0 Å². The summed E-state index contributed by atoms with van der Waals surface area (Å²) < 4.78 is 0. The predicted octanol–water partition coefficient (Wildman–Crippen LogP) is 15.1. The van der Waals surface area contributed by atoms with E-state index < -0.39 is 0 Å². The Kier molecular flexibility index (Phi) is 8.13. The van der Waals surface area contributed by atoms with E-state index in [1.165, 1.54) is 38.8 Å². The molecular weight excluding hydrogens is 741 g/mol. The lowest BCUT2D eigenvalue weighted by Gasteiger charge is -2.34. The van der Waals surface area contributed by atoms with Crippen LogP contribution < -0.4 is 4.90 Å². The van der Waals surface area contributed by atoms with Crippen molar-refractivity contribution in [3.05, 3.63) is 218 Å². The van der Waals surface area contributed by atoms with Crippen LogP contribution in [0.5, 0.6) is 0 Å². The maximum Gasteiger partial charge on any atom is 0.164 e. The molecule has 0 aliphatic carbocycles. The number of anilines is 3. The largest absolute Gasteiger partial charge is 0.309 e. The van der Waals surface area contributed by atoms with Gasteiger partial charge in [-0.1, -0.05) is 164 Å². The summed E-state index contributed by atoms with van der Waals surface area (Å²) in [5.41, 5.74) is 13.3. The Bertz CT molecular complexity index is 3470. The third-order valence-electron chi connectivity index (χ3n) is 12.0. The Morgan fingerprint density at radius 2 is 0.787 bits per heavy atom. The first-order valence-electron chi connectivity index (χ1n) is 20.7. The molecule has 0 bridgehead atoms. The average Bonchev–Trinajstić information content (AvgIpc) is 3.34. The molecule has 0 saturated carbocycles. The summed E-state index contributed by atoms with van der Waals surface area (Å²) in [6, 6.07) is 77.7. The quantitative estimate of drug-likeness (QED) is 0.169. The minimum absolute atomic E-state index is 0.631. The van der Waals surface area contributed by atoms with Crippen molar-refractivity contribution in [2.75, 3.05) is 4.90 Å². The summed E-state index contributed by atoms with van der Waals surface area (Å²) in [6.07, 6.45) is 0. The van der Waals surface area contributed by atoms with Gasteiger partial charge in [0.2, 0.25) is 0 Å². The lowest BCUT2D eigenvalue weighted by Crippen LogP contribution is -2.15. The SMILES string of the molecule is c1ccc(-c2ccc3c(c2)-c2cccc4c(-c5nc(-c6ccc7ccccc7c6)nc(-c6ccc7cc(-c8ccccc8)ccc7c6)n5)ccc(c24)N3c2ccccc2)cc1. The van der Waals surface area contributed by atoms with Crippen molar-refractivity contribution in [2.24, 2.45) is 0 Å². The summed E-state index contributed by atoms with van der Waals surface area (Å²) in [7, 11) is 0. The molecule has 1 aromatic heterocycles. The van der Waals surface area contributed by atoms with Crippen molar-refractivity contribution < 1.29 is 0 Å². The lowest BCUT2D eigenvalue weighted by molar-refractivity contribution is 1.08. The zero-order chi connectivity index (χ0) is 40.3. The van der Waals surface area contributed by atoms with E-state index in [1.54, 1.807) is 0 Å². The van der Waals surface area contributed by atoms with Crippen molar-refractivity contribution in [1.82, 2.24) is 15.0 Å². The number of fused-ring (bicyclic) bond motifs is 4. The third-order valence-corrected chi connectivity index (χ3v) is 12.0. The third kappa shape index (κ3) is 6.04. The van der Waals surface area contributed by atoms with Gasteiger partial charge in [0, 0.05) is 33.3 Å². The van der Waals surface area contributed by atoms with Crippen LogP contribution >= 0.6 is 0 Å². The Hall–Kier alpha value is -8.21. The Morgan fingerprint density at radius 3 is 1.48 bits per heavy atom. The Labute approximate surface area is 353 Å². The summed E-state index contributed by atoms with van der Waals surface area (Å²) >= 11 is 0. The molecule has 4 nitrogen and oxygen atoms in total. The van der Waals surface area contributed by atoms with Crippen molar-refractivity contribution in [3.8, 4) is 67.5 Å². The number of hydrogen-bond acceptors (Lipinski definition) is 4. The van der Waals surface area contributed by atoms with E-state index in [1.807, 2.05) is 0 Å². The molecule has 0 atom stereocenters. The molecule has 1 aliphatic heterocycles. The van der Waals surface area contributed by atoms with Crippen molar-refractivity contribution in [2.45, 2.75) is 0 Å². The van der Waals surface area contributed by atoms with Crippen molar-refractivity contribution >= 4 is 49.4 Å². The van der Waals surface area contributed by atoms with Gasteiger partial charge in [-0.3, -0.25) is 0 Å². The topological polar surface area (TPSA) is 41.9 Å². The molecule has 0 radical (unpaired) electrons. The van der Waals surface area contributed by atoms with Crippen LogP contribution in [0, 0.1) is 0 Å². The molecule has 4 heteroatoms. The fourth-order valence-electron chi connectivity index (χ4n) is 9.01. The van der Waals surface area contributed by atoms with E-state index in [0.717, 1.165) is 60.7 Å². The number of rotatable bonds is 6. The van der Waals surface area contributed by atoms with Crippen LogP contribution in [0.2, 0.25) is 0 Å². The van der Waals surface area contributed by atoms with Gasteiger partial charge in [-0.15, -0.1) is 0 Å². The van der Waals surface area contributed by atoms with Gasteiger partial charge in [-0.25, -0.2) is 15.0 Å². The highest BCUT2D eigenvalue weighted by molar-refractivity contribution is 6.17. The maximum absolute atomic E-state index is 5.33. The van der Waals surface area contributed by atoms with E-state index in [9.17, 15) is 0 Å². The van der Waals surface area contributed by atoms with E-state index in [-0.39, 0.29) is 0 Å². The summed E-state index contributed by atoms with van der Waals surface area (Å²) in [4.78, 5) is 18.2. The van der Waals surface area contributed by atoms with E-state index in [2.05, 4.69) is 223 Å². The minimum Gasteiger partial charge on any atom is -0.309 e. The molecule has 0 spiro atoms. The Morgan fingerprint density at radius 1 is 0.279 bits per heavy atom. The molecule has 0 unspecified atom stereocenters. The molecule has 0 amide bonds. The molecule has 0 N–H and O–H groups in total. The molecular formula is C57H36N4. The molecule has 61 heavy (non-hydrogen) atoms. The van der Waals surface area contributed by atoms with Crippen LogP contribution in [0.3, 0.4) is 0 Å². The monoisotopic (exact) mass is 776 g/mol. The first-order valence-corrected chi connectivity index (χ1v) is 20.7. The zero-order valence-electron chi connectivity index (χ0n) is 33.1. The first kappa shape index (κ1) is 34.8. The number of nitrogens with zero attached hydrogens (tertiary/aromatic N) is 4. The normalized spacial score (nSPS) is 11.9. The number of aromatic nitrogens is 3. The van der Waals surface area contributed by atoms with Gasteiger partial charge in [0.15, 0.2) is 17.5 Å². The molecule has 0 saturated heterocycles. The molecule has 2 heterocycles. The zero-order valence-corrected chi connectivity index (χ0v) is 33.1. The summed E-state index contributed by atoms with van der Waals surface area (Å²) in [6.45, 7) is 0. The van der Waals surface area contributed by atoms with Gasteiger partial charge in [-0.05, 0) is 109 Å². The number of hydrogen-bond donors (Lipinski definition) is 0. The lowest BCUT2D eigenvalue weighted by atomic mass is 9.87. The molecule has 1 aliphatic rings. The number of para-hydroxylation sites is 1. The summed E-state index contributed by atoms with van der Waals surface area (Å²) in [5.74, 6) is 1.90. The second-order valence-electron chi connectivity index (χ2n) is 15.6.